The van der Waals surface area contributed by atoms with Crippen LogP contribution in [0.5, 0.6) is 0 Å². The molecule has 1 aliphatic rings. The molecule has 1 heterocycles. The molecule has 110 valence electrons. The lowest BCUT2D eigenvalue weighted by Crippen LogP contribution is -2.41. The van der Waals surface area contributed by atoms with Gasteiger partial charge in [-0.05, 0) is 50.1 Å². The van der Waals surface area contributed by atoms with Gasteiger partial charge < -0.3 is 10.2 Å². The number of nitriles is 1. The molecule has 1 aromatic carbocycles. The standard InChI is InChI=1S/C17H21N3O/c1-4-5-10-20-16(12(2)13(3)17(20)21)19-15-8-6-14(11-18)7-9-15/h6-9,16,19H,4-5,10H2,1-3H3/t16-/m0/s1. The first-order valence-electron chi connectivity index (χ1n) is 7.33. The van der Waals surface area contributed by atoms with Crippen molar-refractivity contribution in [1.82, 2.24) is 4.90 Å². The minimum absolute atomic E-state index is 0.0861. The summed E-state index contributed by atoms with van der Waals surface area (Å²) in [7, 11) is 0. The predicted molar refractivity (Wildman–Crippen MR) is 83.6 cm³/mol. The molecule has 1 atom stereocenters. The fourth-order valence-electron chi connectivity index (χ4n) is 2.48. The van der Waals surface area contributed by atoms with Crippen molar-refractivity contribution >= 4 is 11.6 Å². The van der Waals surface area contributed by atoms with Crippen molar-refractivity contribution in [2.45, 2.75) is 39.8 Å². The van der Waals surface area contributed by atoms with Crippen LogP contribution in [0.25, 0.3) is 0 Å². The number of carbonyl (C=O) groups is 1. The molecule has 0 spiro atoms. The van der Waals surface area contributed by atoms with Gasteiger partial charge in [0.05, 0.1) is 11.6 Å². The summed E-state index contributed by atoms with van der Waals surface area (Å²) in [4.78, 5) is 14.2. The van der Waals surface area contributed by atoms with Crippen molar-refractivity contribution in [3.05, 3.63) is 41.0 Å². The third kappa shape index (κ3) is 3.08. The number of carbonyl (C=O) groups excluding carboxylic acids is 1. The molecule has 0 unspecified atom stereocenters. The summed E-state index contributed by atoms with van der Waals surface area (Å²) in [5.41, 5.74) is 3.45. The van der Waals surface area contributed by atoms with Crippen molar-refractivity contribution in [2.24, 2.45) is 0 Å². The highest BCUT2D eigenvalue weighted by molar-refractivity contribution is 5.97. The lowest BCUT2D eigenvalue weighted by atomic mass is 10.1. The molecule has 1 N–H and O–H groups in total. The third-order valence-corrected chi connectivity index (χ3v) is 3.96. The zero-order valence-corrected chi connectivity index (χ0v) is 12.8. The number of anilines is 1. The second-order valence-electron chi connectivity index (χ2n) is 5.40. The highest BCUT2D eigenvalue weighted by Crippen LogP contribution is 2.27. The Morgan fingerprint density at radius 3 is 2.52 bits per heavy atom. The SMILES string of the molecule is CCCCN1C(=O)C(C)=C(C)[C@H]1Nc1ccc(C#N)cc1. The topological polar surface area (TPSA) is 56.1 Å². The van der Waals surface area contributed by atoms with Crippen LogP contribution in [0.1, 0.15) is 39.2 Å². The van der Waals surface area contributed by atoms with Gasteiger partial charge in [-0.2, -0.15) is 5.26 Å². The van der Waals surface area contributed by atoms with Gasteiger partial charge in [0.25, 0.3) is 5.91 Å². The maximum Gasteiger partial charge on any atom is 0.251 e. The molecule has 0 radical (unpaired) electrons. The fourth-order valence-corrected chi connectivity index (χ4v) is 2.48. The van der Waals surface area contributed by atoms with Crippen molar-refractivity contribution in [3.63, 3.8) is 0 Å². The Kier molecular flexibility index (Phi) is 4.64. The van der Waals surface area contributed by atoms with E-state index in [4.69, 9.17) is 5.26 Å². The molecule has 0 aromatic heterocycles. The second-order valence-corrected chi connectivity index (χ2v) is 5.40. The summed E-state index contributed by atoms with van der Waals surface area (Å²) in [5, 5.41) is 12.2. The Balaban J connectivity index is 2.18. The average molecular weight is 283 g/mol. The zero-order chi connectivity index (χ0) is 15.4. The number of hydrogen-bond donors (Lipinski definition) is 1. The fraction of sp³-hybridized carbons (Fsp3) is 0.412. The number of unbranched alkanes of at least 4 members (excludes halogenated alkanes) is 1. The van der Waals surface area contributed by atoms with Crippen LogP contribution in [0.4, 0.5) is 5.69 Å². The highest BCUT2D eigenvalue weighted by atomic mass is 16.2. The quantitative estimate of drug-likeness (QED) is 0.902. The van der Waals surface area contributed by atoms with Crippen LogP contribution < -0.4 is 5.32 Å². The van der Waals surface area contributed by atoms with E-state index >= 15 is 0 Å². The van der Waals surface area contributed by atoms with E-state index in [1.807, 2.05) is 30.9 Å². The number of benzene rings is 1. The molecule has 0 aliphatic carbocycles. The normalized spacial score (nSPS) is 18.1. The van der Waals surface area contributed by atoms with E-state index in [0.717, 1.165) is 36.2 Å². The van der Waals surface area contributed by atoms with E-state index in [0.29, 0.717) is 5.56 Å². The molecule has 21 heavy (non-hydrogen) atoms. The first-order chi connectivity index (χ1) is 10.1. The van der Waals surface area contributed by atoms with Gasteiger partial charge in [0.2, 0.25) is 0 Å². The van der Waals surface area contributed by atoms with E-state index < -0.39 is 0 Å². The molecular weight excluding hydrogens is 262 g/mol. The maximum absolute atomic E-state index is 12.3. The molecule has 4 nitrogen and oxygen atoms in total. The molecule has 1 aliphatic heterocycles. The van der Waals surface area contributed by atoms with Gasteiger partial charge >= 0.3 is 0 Å². The Morgan fingerprint density at radius 2 is 1.95 bits per heavy atom. The van der Waals surface area contributed by atoms with E-state index in [2.05, 4.69) is 18.3 Å². The van der Waals surface area contributed by atoms with Crippen molar-refractivity contribution in [1.29, 1.82) is 5.26 Å². The Bertz CT molecular complexity index is 595. The van der Waals surface area contributed by atoms with Gasteiger partial charge in [-0.1, -0.05) is 13.3 Å². The van der Waals surface area contributed by atoms with Crippen LogP contribution in [0, 0.1) is 11.3 Å². The van der Waals surface area contributed by atoms with E-state index in [9.17, 15) is 4.79 Å². The van der Waals surface area contributed by atoms with Gasteiger partial charge in [0.15, 0.2) is 0 Å². The average Bonchev–Trinajstić information content (AvgIpc) is 2.71. The first-order valence-corrected chi connectivity index (χ1v) is 7.33. The molecule has 0 fully saturated rings. The van der Waals surface area contributed by atoms with Gasteiger partial charge in [-0.3, -0.25) is 4.79 Å². The molecule has 0 saturated carbocycles. The number of nitrogens with one attached hydrogen (secondary N) is 1. The summed E-state index contributed by atoms with van der Waals surface area (Å²) in [6, 6.07) is 9.42. The van der Waals surface area contributed by atoms with Crippen LogP contribution in [0.15, 0.2) is 35.4 Å². The van der Waals surface area contributed by atoms with Gasteiger partial charge in [0, 0.05) is 17.8 Å². The summed E-state index contributed by atoms with van der Waals surface area (Å²) < 4.78 is 0. The summed E-state index contributed by atoms with van der Waals surface area (Å²) in [6.07, 6.45) is 1.97. The zero-order valence-electron chi connectivity index (χ0n) is 12.8. The molecule has 0 saturated heterocycles. The number of nitrogens with zero attached hydrogens (tertiary/aromatic N) is 2. The minimum Gasteiger partial charge on any atom is -0.362 e. The maximum atomic E-state index is 12.3. The Labute approximate surface area is 126 Å². The van der Waals surface area contributed by atoms with Gasteiger partial charge in [-0.25, -0.2) is 0 Å². The highest BCUT2D eigenvalue weighted by Gasteiger charge is 2.34. The largest absolute Gasteiger partial charge is 0.362 e. The molecule has 0 bridgehead atoms. The molecular formula is C17H21N3O. The number of rotatable bonds is 5. The molecule has 2 rings (SSSR count). The van der Waals surface area contributed by atoms with Crippen molar-refractivity contribution in [3.8, 4) is 6.07 Å². The minimum atomic E-state index is -0.0861. The smallest absolute Gasteiger partial charge is 0.251 e. The summed E-state index contributed by atoms with van der Waals surface area (Å²) >= 11 is 0. The summed E-state index contributed by atoms with van der Waals surface area (Å²) in [6.45, 7) is 6.77. The predicted octanol–water partition coefficient (Wildman–Crippen LogP) is 3.27. The first kappa shape index (κ1) is 15.1. The molecule has 4 heteroatoms. The number of hydrogen-bond acceptors (Lipinski definition) is 3. The lowest BCUT2D eigenvalue weighted by Gasteiger charge is -2.28. The lowest BCUT2D eigenvalue weighted by molar-refractivity contribution is -0.126. The molecule has 1 aromatic rings. The van der Waals surface area contributed by atoms with Gasteiger partial charge in [0.1, 0.15) is 6.17 Å². The van der Waals surface area contributed by atoms with Crippen molar-refractivity contribution < 1.29 is 4.79 Å². The summed E-state index contributed by atoms with van der Waals surface area (Å²) in [5.74, 6) is 0.118. The Hall–Kier alpha value is -2.28. The van der Waals surface area contributed by atoms with Crippen LogP contribution in [0.2, 0.25) is 0 Å². The monoisotopic (exact) mass is 283 g/mol. The number of amides is 1. The van der Waals surface area contributed by atoms with Crippen LogP contribution in [0.3, 0.4) is 0 Å². The third-order valence-electron chi connectivity index (χ3n) is 3.96. The van der Waals surface area contributed by atoms with Crippen LogP contribution in [-0.2, 0) is 4.79 Å². The van der Waals surface area contributed by atoms with E-state index in [1.54, 1.807) is 12.1 Å². The van der Waals surface area contributed by atoms with Crippen molar-refractivity contribution in [2.75, 3.05) is 11.9 Å². The molecule has 1 amide bonds. The van der Waals surface area contributed by atoms with E-state index in [-0.39, 0.29) is 12.1 Å². The van der Waals surface area contributed by atoms with Crippen LogP contribution in [-0.4, -0.2) is 23.5 Å². The van der Waals surface area contributed by atoms with E-state index in [1.165, 1.54) is 0 Å². The second kappa shape index (κ2) is 6.45. The van der Waals surface area contributed by atoms with Gasteiger partial charge in [-0.15, -0.1) is 0 Å². The van der Waals surface area contributed by atoms with Crippen LogP contribution >= 0.6 is 0 Å². The Morgan fingerprint density at radius 1 is 1.29 bits per heavy atom.